The first kappa shape index (κ1) is 30.5. The summed E-state index contributed by atoms with van der Waals surface area (Å²) in [5.74, 6) is 1.11. The summed E-state index contributed by atoms with van der Waals surface area (Å²) in [5.41, 5.74) is 2.76. The summed E-state index contributed by atoms with van der Waals surface area (Å²) in [6.07, 6.45) is 8.26. The molecule has 0 aliphatic heterocycles. The highest BCUT2D eigenvalue weighted by atomic mass is 35.5. The maximum Gasteiger partial charge on any atom is 0.322 e. The van der Waals surface area contributed by atoms with Gasteiger partial charge in [0.2, 0.25) is 5.91 Å². The summed E-state index contributed by atoms with van der Waals surface area (Å²) in [5, 5.41) is 3.70. The van der Waals surface area contributed by atoms with Crippen molar-refractivity contribution in [2.75, 3.05) is 25.5 Å². The minimum Gasteiger partial charge on any atom is -0.497 e. The van der Waals surface area contributed by atoms with Crippen LogP contribution in [-0.2, 0) is 17.9 Å². The molecule has 7 nitrogen and oxygen atoms in total. The Hall–Kier alpha value is -3.45. The molecule has 41 heavy (non-hydrogen) atoms. The highest BCUT2D eigenvalue weighted by molar-refractivity contribution is 6.31. The van der Waals surface area contributed by atoms with Gasteiger partial charge in [-0.05, 0) is 73.2 Å². The van der Waals surface area contributed by atoms with Crippen molar-refractivity contribution in [3.05, 3.63) is 83.1 Å². The predicted molar refractivity (Wildman–Crippen MR) is 165 cm³/mol. The Morgan fingerprint density at radius 3 is 2.44 bits per heavy atom. The molecule has 0 spiro atoms. The summed E-state index contributed by atoms with van der Waals surface area (Å²) in [4.78, 5) is 31.1. The largest absolute Gasteiger partial charge is 0.497 e. The number of urea groups is 1. The highest BCUT2D eigenvalue weighted by Gasteiger charge is 2.29. The van der Waals surface area contributed by atoms with Gasteiger partial charge >= 0.3 is 6.03 Å². The van der Waals surface area contributed by atoms with Crippen molar-refractivity contribution in [3.63, 3.8) is 0 Å². The number of hydrogen-bond donors (Lipinski definition) is 1. The van der Waals surface area contributed by atoms with Gasteiger partial charge < -0.3 is 24.4 Å². The summed E-state index contributed by atoms with van der Waals surface area (Å²) in [6.45, 7) is 5.94. The molecular weight excluding hydrogens is 536 g/mol. The molecule has 0 unspecified atom stereocenters. The van der Waals surface area contributed by atoms with Gasteiger partial charge in [-0.1, -0.05) is 62.9 Å². The first-order chi connectivity index (χ1) is 19.8. The van der Waals surface area contributed by atoms with Gasteiger partial charge in [-0.15, -0.1) is 0 Å². The van der Waals surface area contributed by atoms with Gasteiger partial charge in [-0.3, -0.25) is 4.79 Å². The topological polar surface area (TPSA) is 66.8 Å². The maximum absolute atomic E-state index is 14.0. The van der Waals surface area contributed by atoms with Crippen LogP contribution in [-0.4, -0.2) is 52.5 Å². The number of rotatable bonds is 12. The van der Waals surface area contributed by atoms with Crippen molar-refractivity contribution in [1.29, 1.82) is 0 Å². The fourth-order valence-electron chi connectivity index (χ4n) is 5.34. The highest BCUT2D eigenvalue weighted by Crippen LogP contribution is 2.26. The third kappa shape index (κ3) is 8.77. The summed E-state index contributed by atoms with van der Waals surface area (Å²) in [6, 6.07) is 19.1. The number of ether oxygens (including phenoxy) is 1. The van der Waals surface area contributed by atoms with E-state index in [2.05, 4.69) is 29.8 Å². The average molecular weight is 579 g/mol. The van der Waals surface area contributed by atoms with E-state index in [1.807, 2.05) is 53.6 Å². The zero-order valence-corrected chi connectivity index (χ0v) is 25.3. The number of amides is 3. The Labute approximate surface area is 249 Å². The molecule has 3 amide bonds. The summed E-state index contributed by atoms with van der Waals surface area (Å²) < 4.78 is 7.40. The smallest absolute Gasteiger partial charge is 0.322 e. The Kier molecular flexibility index (Phi) is 11.1. The molecule has 1 saturated carbocycles. The average Bonchev–Trinajstić information content (AvgIpc) is 3.42. The molecule has 0 saturated heterocycles. The monoisotopic (exact) mass is 578 g/mol. The number of nitrogens with one attached hydrogen (secondary N) is 1. The van der Waals surface area contributed by atoms with E-state index in [4.69, 9.17) is 16.3 Å². The molecule has 1 fully saturated rings. The molecule has 8 heteroatoms. The molecule has 1 N–H and O–H groups in total. The number of anilines is 1. The van der Waals surface area contributed by atoms with Gasteiger partial charge in [0.25, 0.3) is 0 Å². The molecule has 0 radical (unpaired) electrons. The predicted octanol–water partition coefficient (Wildman–Crippen LogP) is 7.44. The number of hydrogen-bond acceptors (Lipinski definition) is 3. The fourth-order valence-corrected chi connectivity index (χ4v) is 5.54. The molecule has 1 aliphatic carbocycles. The fraction of sp³-hybridized carbons (Fsp3) is 0.455. The Balaban J connectivity index is 1.52. The van der Waals surface area contributed by atoms with Crippen LogP contribution in [0.25, 0.3) is 0 Å². The van der Waals surface area contributed by atoms with Crippen molar-refractivity contribution >= 4 is 29.2 Å². The lowest BCUT2D eigenvalue weighted by Crippen LogP contribution is -2.48. The third-order valence-corrected chi connectivity index (χ3v) is 8.19. The van der Waals surface area contributed by atoms with Crippen LogP contribution in [0.15, 0.2) is 66.9 Å². The van der Waals surface area contributed by atoms with Gasteiger partial charge in [0.05, 0.1) is 13.7 Å². The Bertz CT molecular complexity index is 1270. The van der Waals surface area contributed by atoms with Crippen LogP contribution >= 0.6 is 11.6 Å². The van der Waals surface area contributed by atoms with E-state index >= 15 is 0 Å². The minimum atomic E-state index is -0.269. The lowest BCUT2D eigenvalue weighted by molar-refractivity contribution is -0.135. The molecule has 1 heterocycles. The second-order valence-corrected chi connectivity index (χ2v) is 11.7. The molecule has 1 aliphatic rings. The van der Waals surface area contributed by atoms with Crippen molar-refractivity contribution in [3.8, 4) is 5.75 Å². The van der Waals surface area contributed by atoms with Crippen molar-refractivity contribution in [2.45, 2.75) is 71.5 Å². The van der Waals surface area contributed by atoms with Crippen LogP contribution in [0.4, 0.5) is 10.5 Å². The number of nitrogens with zero attached hydrogens (tertiary/aromatic N) is 3. The van der Waals surface area contributed by atoms with E-state index in [0.29, 0.717) is 31.2 Å². The number of carbonyl (C=O) groups excluding carboxylic acids is 2. The zero-order valence-electron chi connectivity index (χ0n) is 24.5. The molecule has 3 aromatic rings. The number of carbonyl (C=O) groups is 2. The molecular formula is C33H43ClN4O3. The third-order valence-electron chi connectivity index (χ3n) is 7.82. The van der Waals surface area contributed by atoms with E-state index in [9.17, 15) is 9.59 Å². The first-order valence-electron chi connectivity index (χ1n) is 14.7. The van der Waals surface area contributed by atoms with Crippen molar-refractivity contribution in [2.24, 2.45) is 5.92 Å². The Morgan fingerprint density at radius 1 is 1.02 bits per heavy atom. The van der Waals surface area contributed by atoms with Crippen LogP contribution in [0.5, 0.6) is 5.75 Å². The maximum atomic E-state index is 14.0. The number of benzene rings is 2. The second-order valence-electron chi connectivity index (χ2n) is 11.3. The van der Waals surface area contributed by atoms with Crippen LogP contribution in [0.2, 0.25) is 5.02 Å². The Morgan fingerprint density at radius 2 is 1.76 bits per heavy atom. The molecule has 1 aromatic heterocycles. The van der Waals surface area contributed by atoms with Gasteiger partial charge in [0.15, 0.2) is 0 Å². The number of halogens is 1. The number of aromatic nitrogens is 1. The first-order valence-corrected chi connectivity index (χ1v) is 15.1. The van der Waals surface area contributed by atoms with Gasteiger partial charge in [-0.25, -0.2) is 4.79 Å². The molecule has 2 aromatic carbocycles. The standard InChI is InChI=1S/C33H43ClN4O3/c1-25(2)19-21-37(33(40)35-27-15-17-30(41-3)18-16-27)24-32(39)38(28-11-5-4-6-12-28)23-29-13-9-20-36(29)22-26-10-7-8-14-31(26)34/h7-10,13-18,20,25,28H,4-6,11-12,19,21-24H2,1-3H3,(H,35,40). The quantitative estimate of drug-likeness (QED) is 0.243. The molecule has 220 valence electrons. The summed E-state index contributed by atoms with van der Waals surface area (Å²) in [7, 11) is 1.61. The van der Waals surface area contributed by atoms with Crippen LogP contribution in [0.1, 0.15) is 63.6 Å². The van der Waals surface area contributed by atoms with Crippen LogP contribution in [0, 0.1) is 5.92 Å². The van der Waals surface area contributed by atoms with Gasteiger partial charge in [0, 0.05) is 41.7 Å². The molecule has 4 rings (SSSR count). The SMILES string of the molecule is COc1ccc(NC(=O)N(CCC(C)C)CC(=O)N(Cc2cccn2Cc2ccccc2Cl)C2CCCCC2)cc1. The van der Waals surface area contributed by atoms with Gasteiger partial charge in [-0.2, -0.15) is 0 Å². The normalized spacial score (nSPS) is 13.7. The lowest BCUT2D eigenvalue weighted by atomic mass is 9.94. The zero-order chi connectivity index (χ0) is 29.2. The van der Waals surface area contributed by atoms with E-state index in [-0.39, 0.29) is 24.5 Å². The molecule has 0 bridgehead atoms. The minimum absolute atomic E-state index is 0.0176. The van der Waals surface area contributed by atoms with Crippen LogP contribution in [0.3, 0.4) is 0 Å². The van der Waals surface area contributed by atoms with E-state index in [0.717, 1.165) is 54.1 Å². The second kappa shape index (κ2) is 15.0. The molecule has 0 atom stereocenters. The number of methoxy groups -OCH3 is 1. The lowest BCUT2D eigenvalue weighted by Gasteiger charge is -2.36. The van der Waals surface area contributed by atoms with Crippen molar-refractivity contribution < 1.29 is 14.3 Å². The summed E-state index contributed by atoms with van der Waals surface area (Å²) >= 11 is 6.46. The van der Waals surface area contributed by atoms with E-state index < -0.39 is 0 Å². The van der Waals surface area contributed by atoms with E-state index in [1.165, 1.54) is 6.42 Å². The van der Waals surface area contributed by atoms with Gasteiger partial charge in [0.1, 0.15) is 12.3 Å². The van der Waals surface area contributed by atoms with Crippen molar-refractivity contribution in [1.82, 2.24) is 14.4 Å². The van der Waals surface area contributed by atoms with Crippen LogP contribution < -0.4 is 10.1 Å². The van der Waals surface area contributed by atoms with E-state index in [1.54, 1.807) is 24.1 Å².